The van der Waals surface area contributed by atoms with Crippen LogP contribution in [0.15, 0.2) is 40.8 Å². The van der Waals surface area contributed by atoms with Crippen LogP contribution in [0.4, 0.5) is 0 Å². The first-order chi connectivity index (χ1) is 11.0. The fraction of sp³-hybridized carbons (Fsp3) is 0.550. The normalized spacial score (nSPS) is 35.6. The highest BCUT2D eigenvalue weighted by Crippen LogP contribution is 2.68. The van der Waals surface area contributed by atoms with Gasteiger partial charge in [-0.3, -0.25) is 0 Å². The second kappa shape index (κ2) is 6.45. The number of nitrogens with zero attached hydrogens (tertiary/aromatic N) is 1. The molecule has 2 nitrogen and oxygen atoms in total. The quantitative estimate of drug-likeness (QED) is 0.543. The Bertz CT molecular complexity index is 595. The molecule has 0 N–H and O–H groups in total. The lowest BCUT2D eigenvalue weighted by atomic mass is 9.70. The predicted molar refractivity (Wildman–Crippen MR) is 101 cm³/mol. The molecule has 2 saturated carbocycles. The Morgan fingerprint density at radius 2 is 1.96 bits per heavy atom. The molecule has 2 aliphatic rings. The third-order valence-corrected chi connectivity index (χ3v) is 7.43. The average molecular weight is 330 g/mol. The summed E-state index contributed by atoms with van der Waals surface area (Å²) in [7, 11) is 1.86. The maximum atomic E-state index is 5.91. The van der Waals surface area contributed by atoms with Crippen LogP contribution in [0.1, 0.15) is 39.2 Å². The van der Waals surface area contributed by atoms with Gasteiger partial charge in [-0.25, -0.2) is 4.40 Å². The van der Waals surface area contributed by atoms with Crippen molar-refractivity contribution in [2.45, 2.75) is 45.0 Å². The highest BCUT2D eigenvalue weighted by molar-refractivity contribution is 7.98. The van der Waals surface area contributed by atoms with Crippen molar-refractivity contribution in [1.29, 1.82) is 0 Å². The van der Waals surface area contributed by atoms with E-state index < -0.39 is 0 Å². The van der Waals surface area contributed by atoms with Gasteiger partial charge in [-0.05, 0) is 47.8 Å². The van der Waals surface area contributed by atoms with Crippen LogP contribution in [0.5, 0.6) is 0 Å². The summed E-state index contributed by atoms with van der Waals surface area (Å²) in [5.74, 6) is 0.692. The molecule has 0 radical (unpaired) electrons. The molecular formula is C20H27NOS. The van der Waals surface area contributed by atoms with Crippen LogP contribution in [0.2, 0.25) is 0 Å². The molecule has 0 heterocycles. The van der Waals surface area contributed by atoms with Crippen molar-refractivity contribution in [1.82, 2.24) is 0 Å². The number of hydrogen-bond acceptors (Lipinski definition) is 3. The zero-order valence-corrected chi connectivity index (χ0v) is 15.3. The summed E-state index contributed by atoms with van der Waals surface area (Å²) in [5.41, 5.74) is 1.81. The Kier molecular flexibility index (Phi) is 4.70. The summed E-state index contributed by atoms with van der Waals surface area (Å²) in [6.45, 7) is 7.23. The van der Waals surface area contributed by atoms with Crippen molar-refractivity contribution >= 4 is 24.2 Å². The van der Waals surface area contributed by atoms with Crippen molar-refractivity contribution in [3.63, 3.8) is 0 Å². The molecule has 2 fully saturated rings. The zero-order chi connectivity index (χ0) is 16.5. The first kappa shape index (κ1) is 16.8. The van der Waals surface area contributed by atoms with Gasteiger partial charge in [0.25, 0.3) is 0 Å². The van der Waals surface area contributed by atoms with E-state index in [0.29, 0.717) is 22.7 Å². The van der Waals surface area contributed by atoms with Crippen molar-refractivity contribution in [2.75, 3.05) is 7.11 Å². The maximum Gasteiger partial charge on any atom is 0.0769 e. The molecule has 0 amide bonds. The number of benzene rings is 1. The van der Waals surface area contributed by atoms with Crippen LogP contribution in [0, 0.1) is 16.7 Å². The van der Waals surface area contributed by atoms with E-state index in [4.69, 9.17) is 4.74 Å². The maximum absolute atomic E-state index is 5.91. The van der Waals surface area contributed by atoms with E-state index in [-0.39, 0.29) is 5.41 Å². The average Bonchev–Trinajstić information content (AvgIpc) is 2.86. The van der Waals surface area contributed by atoms with Crippen LogP contribution in [-0.4, -0.2) is 24.7 Å². The molecule has 1 aromatic carbocycles. The molecule has 1 aromatic rings. The molecule has 2 aliphatic carbocycles. The highest BCUT2D eigenvalue weighted by Gasteiger charge is 2.66. The highest BCUT2D eigenvalue weighted by atomic mass is 32.2. The molecule has 3 heteroatoms. The third-order valence-electron chi connectivity index (χ3n) is 6.37. The van der Waals surface area contributed by atoms with Gasteiger partial charge < -0.3 is 4.74 Å². The summed E-state index contributed by atoms with van der Waals surface area (Å²) >= 11 is 1.71. The van der Waals surface area contributed by atoms with E-state index in [2.05, 4.69) is 43.4 Å². The molecule has 2 bridgehead atoms. The van der Waals surface area contributed by atoms with Gasteiger partial charge in [0.15, 0.2) is 0 Å². The molecule has 4 atom stereocenters. The third kappa shape index (κ3) is 2.78. The topological polar surface area (TPSA) is 21.6 Å². The molecule has 124 valence electrons. The summed E-state index contributed by atoms with van der Waals surface area (Å²) in [6.07, 6.45) is 8.89. The Hall–Kier alpha value is -1.06. The van der Waals surface area contributed by atoms with E-state index in [1.807, 2.05) is 37.6 Å². The smallest absolute Gasteiger partial charge is 0.0769 e. The Morgan fingerprint density at radius 1 is 1.22 bits per heavy atom. The summed E-state index contributed by atoms with van der Waals surface area (Å²) in [6, 6.07) is 10.3. The lowest BCUT2D eigenvalue weighted by Crippen LogP contribution is -2.39. The van der Waals surface area contributed by atoms with Crippen LogP contribution in [0.25, 0.3) is 6.08 Å². The molecule has 0 saturated heterocycles. The number of rotatable bonds is 5. The number of ether oxygens (including phenoxy) is 1. The van der Waals surface area contributed by atoms with E-state index in [1.165, 1.54) is 18.4 Å². The minimum absolute atomic E-state index is 0.277. The van der Waals surface area contributed by atoms with E-state index in [1.54, 1.807) is 11.9 Å². The van der Waals surface area contributed by atoms with Gasteiger partial charge in [-0.15, -0.1) is 0 Å². The minimum atomic E-state index is 0.277. The van der Waals surface area contributed by atoms with Crippen LogP contribution >= 0.6 is 11.9 Å². The Balaban J connectivity index is 1.64. The minimum Gasteiger partial charge on any atom is -0.380 e. The standard InChI is InChI=1S/C20H27NOS/c1-19(2)16-12-13-20(19,3)18(22-4)17(16)23-21-14-8-11-15-9-6-5-7-10-15/h5-11,14,16-18H,12-13H2,1-4H3/b11-8+,21-14+. The van der Waals surface area contributed by atoms with Crippen molar-refractivity contribution in [3.8, 4) is 0 Å². The molecule has 23 heavy (non-hydrogen) atoms. The summed E-state index contributed by atoms with van der Waals surface area (Å²) in [4.78, 5) is 0. The number of hydrogen-bond donors (Lipinski definition) is 0. The first-order valence-electron chi connectivity index (χ1n) is 8.44. The largest absolute Gasteiger partial charge is 0.380 e. The molecule has 3 rings (SSSR count). The Morgan fingerprint density at radius 3 is 2.65 bits per heavy atom. The van der Waals surface area contributed by atoms with Crippen LogP contribution in [0.3, 0.4) is 0 Å². The van der Waals surface area contributed by atoms with Gasteiger partial charge in [-0.2, -0.15) is 0 Å². The molecule has 0 spiro atoms. The number of allylic oxidation sites excluding steroid dienone is 1. The molecule has 0 aromatic heterocycles. The summed E-state index contributed by atoms with van der Waals surface area (Å²) in [5, 5.41) is 0.468. The number of fused-ring (bicyclic) bond motifs is 2. The van der Waals surface area contributed by atoms with E-state index in [0.717, 1.165) is 0 Å². The molecular weight excluding hydrogens is 302 g/mol. The Labute approximate surface area is 144 Å². The summed E-state index contributed by atoms with van der Waals surface area (Å²) < 4.78 is 10.5. The predicted octanol–water partition coefficient (Wildman–Crippen LogP) is 5.26. The number of methoxy groups -OCH3 is 1. The SMILES string of the molecule is COC1C(S/N=C/C=C/c2ccccc2)C2CCC1(C)C2(C)C. The van der Waals surface area contributed by atoms with E-state index in [9.17, 15) is 0 Å². The van der Waals surface area contributed by atoms with Gasteiger partial charge in [0.05, 0.1) is 11.4 Å². The fourth-order valence-corrected chi connectivity index (χ4v) is 6.03. The molecule has 4 unspecified atom stereocenters. The monoisotopic (exact) mass is 329 g/mol. The van der Waals surface area contributed by atoms with Gasteiger partial charge in [0, 0.05) is 18.7 Å². The second-order valence-electron chi connectivity index (χ2n) is 7.53. The molecule has 0 aliphatic heterocycles. The lowest BCUT2D eigenvalue weighted by Gasteiger charge is -2.38. The first-order valence-corrected chi connectivity index (χ1v) is 9.28. The van der Waals surface area contributed by atoms with Gasteiger partial charge >= 0.3 is 0 Å². The zero-order valence-electron chi connectivity index (χ0n) is 14.5. The van der Waals surface area contributed by atoms with Crippen LogP contribution < -0.4 is 0 Å². The van der Waals surface area contributed by atoms with Crippen LogP contribution in [-0.2, 0) is 4.74 Å². The van der Waals surface area contributed by atoms with Crippen molar-refractivity contribution in [2.24, 2.45) is 21.1 Å². The van der Waals surface area contributed by atoms with Gasteiger partial charge in [0.1, 0.15) is 0 Å². The van der Waals surface area contributed by atoms with Gasteiger partial charge in [0.2, 0.25) is 0 Å². The van der Waals surface area contributed by atoms with Crippen molar-refractivity contribution in [3.05, 3.63) is 42.0 Å². The lowest BCUT2D eigenvalue weighted by molar-refractivity contribution is -0.0176. The fourth-order valence-electron chi connectivity index (χ4n) is 4.60. The van der Waals surface area contributed by atoms with Gasteiger partial charge in [-0.1, -0.05) is 57.2 Å². The second-order valence-corrected chi connectivity index (χ2v) is 8.50. The van der Waals surface area contributed by atoms with E-state index >= 15 is 0 Å². The van der Waals surface area contributed by atoms with Crippen molar-refractivity contribution < 1.29 is 4.74 Å².